The number of nitrogens with zero attached hydrogens (tertiary/aromatic N) is 4. The van der Waals surface area contributed by atoms with Crippen LogP contribution in [0.5, 0.6) is 0 Å². The normalized spacial score (nSPS) is 19.3. The zero-order valence-corrected chi connectivity index (χ0v) is 23.0. The minimum absolute atomic E-state index is 0.0628. The number of anilines is 1. The molecule has 0 aliphatic carbocycles. The predicted octanol–water partition coefficient (Wildman–Crippen LogP) is 4.09. The Labute approximate surface area is 253 Å². The molecule has 0 radical (unpaired) electrons. The number of pyridine rings is 2. The molecule has 2 aromatic heterocycles. The van der Waals surface area contributed by atoms with Crippen molar-refractivity contribution in [2.75, 3.05) is 25.0 Å². The zero-order chi connectivity index (χ0) is 35.3. The Bertz CT molecular complexity index is 1300. The minimum Gasteiger partial charge on any atom is -0.475 e. The zero-order valence-electron chi connectivity index (χ0n) is 23.0. The summed E-state index contributed by atoms with van der Waals surface area (Å²) in [6, 6.07) is 11.9. The van der Waals surface area contributed by atoms with Gasteiger partial charge in [0.15, 0.2) is 0 Å². The van der Waals surface area contributed by atoms with E-state index in [0.717, 1.165) is 38.3 Å². The fraction of sp³-hybridized carbons (Fsp3) is 0.440. The fourth-order valence-electron chi connectivity index (χ4n) is 3.82. The van der Waals surface area contributed by atoms with Gasteiger partial charge in [-0.15, -0.1) is 0 Å². The first-order valence-corrected chi connectivity index (χ1v) is 12.4. The number of hydrogen-bond donors (Lipinski definition) is 4. The van der Waals surface area contributed by atoms with E-state index in [1.807, 2.05) is 24.4 Å². The molecule has 0 amide bonds. The van der Waals surface area contributed by atoms with Gasteiger partial charge >= 0.3 is 36.4 Å². The highest BCUT2D eigenvalue weighted by atomic mass is 19.4. The van der Waals surface area contributed by atoms with E-state index in [-0.39, 0.29) is 11.6 Å². The molecule has 0 aromatic carbocycles. The number of carboxylic acid groups (broad SMARTS) is 3. The summed E-state index contributed by atoms with van der Waals surface area (Å²) in [5.41, 5.74) is 1.61. The van der Waals surface area contributed by atoms with Gasteiger partial charge in [0, 0.05) is 38.4 Å². The molecule has 4 rings (SSSR count). The molecular formula is C25H24F9N5O7. The largest absolute Gasteiger partial charge is 0.490 e. The van der Waals surface area contributed by atoms with Crippen LogP contribution in [0.1, 0.15) is 24.1 Å². The summed E-state index contributed by atoms with van der Waals surface area (Å²) in [5, 5.41) is 33.8. The van der Waals surface area contributed by atoms with Gasteiger partial charge in [-0.1, -0.05) is 12.1 Å². The van der Waals surface area contributed by atoms with Crippen LogP contribution >= 0.6 is 0 Å². The van der Waals surface area contributed by atoms with Crippen molar-refractivity contribution in [2.45, 2.75) is 49.6 Å². The highest BCUT2D eigenvalue weighted by molar-refractivity contribution is 5.73. The average Bonchev–Trinajstić information content (AvgIpc) is 3.53. The van der Waals surface area contributed by atoms with Crippen LogP contribution in [0.15, 0.2) is 42.7 Å². The number of aliphatic carboxylic acids is 3. The van der Waals surface area contributed by atoms with Crippen LogP contribution in [-0.4, -0.2) is 98.0 Å². The lowest BCUT2D eigenvalue weighted by atomic mass is 9.97. The maximum absolute atomic E-state index is 10.6. The first-order valence-electron chi connectivity index (χ1n) is 12.4. The summed E-state index contributed by atoms with van der Waals surface area (Å²) in [4.78, 5) is 37.6. The number of hydrogen-bond acceptors (Lipinski definition) is 9. The first kappa shape index (κ1) is 39.3. The van der Waals surface area contributed by atoms with Crippen molar-refractivity contribution < 1.29 is 74.0 Å². The summed E-state index contributed by atoms with van der Waals surface area (Å²) >= 11 is 0. The summed E-state index contributed by atoms with van der Waals surface area (Å²) in [5.74, 6) is -7.53. The van der Waals surface area contributed by atoms with Crippen LogP contribution in [-0.2, 0) is 25.7 Å². The molecule has 2 aliphatic rings. The first-order chi connectivity index (χ1) is 21.1. The Morgan fingerprint density at radius 1 is 0.957 bits per heavy atom. The second-order valence-electron chi connectivity index (χ2n) is 9.29. The van der Waals surface area contributed by atoms with Crippen molar-refractivity contribution in [1.82, 2.24) is 14.9 Å². The second-order valence-corrected chi connectivity index (χ2v) is 9.29. The number of likely N-dealkylation sites (tertiary alicyclic amines) is 1. The fourth-order valence-corrected chi connectivity index (χ4v) is 3.82. The number of carbonyl (C=O) groups is 3. The number of nitrogens with one attached hydrogen (secondary N) is 1. The lowest BCUT2D eigenvalue weighted by Gasteiger charge is -2.23. The molecule has 0 bridgehead atoms. The molecule has 12 nitrogen and oxygen atoms in total. The van der Waals surface area contributed by atoms with Crippen LogP contribution in [0, 0.1) is 11.3 Å². The number of rotatable bonds is 4. The molecule has 4 heterocycles. The molecule has 0 saturated carbocycles. The lowest BCUT2D eigenvalue weighted by molar-refractivity contribution is -0.193. The van der Waals surface area contributed by atoms with Crippen LogP contribution < -0.4 is 5.32 Å². The number of alkyl halides is 9. The standard InChI is InChI=1S/C19H21N5O.3C2HF3O2/c20-10-16-4-1-5-18(22-16)23-17-9-19(25-13-17)6-8-24(14-19)12-15-3-2-7-21-11-15;3*3-2(4,5)1(6)7/h1-5,7,11,17H,6,8-9,12-14H2,(H,22,23);3*(H,6,7). The number of nitriles is 1. The molecule has 1 spiro atoms. The van der Waals surface area contributed by atoms with E-state index in [1.165, 1.54) is 5.56 Å². The third-order valence-corrected chi connectivity index (χ3v) is 5.68. The minimum atomic E-state index is -5.08. The van der Waals surface area contributed by atoms with Gasteiger partial charge in [-0.2, -0.15) is 44.8 Å². The Hall–Kier alpha value is -4.71. The van der Waals surface area contributed by atoms with Crippen molar-refractivity contribution in [3.8, 4) is 6.07 Å². The molecule has 2 aromatic rings. The molecule has 2 saturated heterocycles. The molecule has 2 atom stereocenters. The van der Waals surface area contributed by atoms with Crippen molar-refractivity contribution in [3.05, 3.63) is 54.0 Å². The van der Waals surface area contributed by atoms with Gasteiger partial charge in [0.05, 0.1) is 18.2 Å². The Morgan fingerprint density at radius 3 is 1.96 bits per heavy atom. The summed E-state index contributed by atoms with van der Waals surface area (Å²) in [6.45, 7) is 3.59. The van der Waals surface area contributed by atoms with Gasteiger partial charge in [-0.05, 0) is 30.2 Å². The smallest absolute Gasteiger partial charge is 0.475 e. The average molecular weight is 677 g/mol. The summed E-state index contributed by atoms with van der Waals surface area (Å²) in [6.07, 6.45) is -9.49. The van der Waals surface area contributed by atoms with Crippen molar-refractivity contribution in [1.29, 1.82) is 5.26 Å². The molecule has 254 valence electrons. The third kappa shape index (κ3) is 14.4. The number of carboxylic acids is 3. The topological polar surface area (TPSA) is 186 Å². The Balaban J connectivity index is 0.000000413. The van der Waals surface area contributed by atoms with Crippen LogP contribution in [0.3, 0.4) is 0 Å². The van der Waals surface area contributed by atoms with E-state index in [4.69, 9.17) is 39.7 Å². The van der Waals surface area contributed by atoms with Gasteiger partial charge in [-0.3, -0.25) is 9.88 Å². The van der Waals surface area contributed by atoms with Crippen molar-refractivity contribution >= 4 is 23.7 Å². The second kappa shape index (κ2) is 16.6. The molecule has 21 heteroatoms. The molecule has 4 N–H and O–H groups in total. The molecule has 2 unspecified atom stereocenters. The van der Waals surface area contributed by atoms with E-state index in [1.54, 1.807) is 12.3 Å². The Morgan fingerprint density at radius 2 is 1.50 bits per heavy atom. The number of halogens is 9. The van der Waals surface area contributed by atoms with Crippen molar-refractivity contribution in [2.24, 2.45) is 0 Å². The van der Waals surface area contributed by atoms with Crippen LogP contribution in [0.4, 0.5) is 45.3 Å². The summed E-state index contributed by atoms with van der Waals surface area (Å²) in [7, 11) is 0. The quantitative estimate of drug-likeness (QED) is 0.340. The van der Waals surface area contributed by atoms with Crippen LogP contribution in [0.2, 0.25) is 0 Å². The van der Waals surface area contributed by atoms with E-state index in [9.17, 15) is 39.5 Å². The number of ether oxygens (including phenoxy) is 1. The monoisotopic (exact) mass is 677 g/mol. The maximum atomic E-state index is 10.6. The predicted molar refractivity (Wildman–Crippen MR) is 135 cm³/mol. The van der Waals surface area contributed by atoms with E-state index in [2.05, 4.69) is 32.3 Å². The van der Waals surface area contributed by atoms with Gasteiger partial charge in [0.2, 0.25) is 0 Å². The van der Waals surface area contributed by atoms with Gasteiger partial charge in [0.1, 0.15) is 17.6 Å². The molecule has 46 heavy (non-hydrogen) atoms. The highest BCUT2D eigenvalue weighted by Gasteiger charge is 2.45. The number of aromatic nitrogens is 2. The van der Waals surface area contributed by atoms with Gasteiger partial charge in [0.25, 0.3) is 0 Å². The summed E-state index contributed by atoms with van der Waals surface area (Å²) < 4.78 is 101. The molecule has 2 fully saturated rings. The van der Waals surface area contributed by atoms with Gasteiger partial charge < -0.3 is 25.4 Å². The molecule has 2 aliphatic heterocycles. The Kier molecular flexibility index (Phi) is 14.2. The molecular weight excluding hydrogens is 653 g/mol. The lowest BCUT2D eigenvalue weighted by Crippen LogP contribution is -2.33. The third-order valence-electron chi connectivity index (χ3n) is 5.68. The van der Waals surface area contributed by atoms with Gasteiger partial charge in [-0.25, -0.2) is 19.4 Å². The van der Waals surface area contributed by atoms with Crippen LogP contribution in [0.25, 0.3) is 0 Å². The van der Waals surface area contributed by atoms with Crippen molar-refractivity contribution in [3.63, 3.8) is 0 Å². The highest BCUT2D eigenvalue weighted by Crippen LogP contribution is 2.36. The van der Waals surface area contributed by atoms with E-state index >= 15 is 0 Å². The van der Waals surface area contributed by atoms with E-state index in [0.29, 0.717) is 12.3 Å². The SMILES string of the molecule is N#Cc1cccc(NC2COC3(CCN(Cc4cccnc4)C3)C2)n1.O=C(O)C(F)(F)F.O=C(O)C(F)(F)F.O=C(O)C(F)(F)F. The van der Waals surface area contributed by atoms with E-state index < -0.39 is 36.4 Å². The maximum Gasteiger partial charge on any atom is 0.490 e.